The zero-order valence-electron chi connectivity index (χ0n) is 64.2. The van der Waals surface area contributed by atoms with E-state index in [9.17, 15) is 27.4 Å². The van der Waals surface area contributed by atoms with Crippen LogP contribution in [0.1, 0.15) is 71.6 Å². The van der Waals surface area contributed by atoms with Gasteiger partial charge in [0.1, 0.15) is 0 Å². The molecule has 4 heteroatoms. The molecule has 0 saturated carbocycles. The summed E-state index contributed by atoms with van der Waals surface area (Å²) in [5, 5.41) is -8.40. The molecule has 57 heavy (non-hydrogen) atoms. The number of hydrogen-bond acceptors (Lipinski definition) is 2. The average Bonchev–Trinajstić information content (AvgIpc) is 1.48. The average molecular weight is 835 g/mol. The fraction of sp³-hybridized carbons (Fsp3) is 0.0189. The number of fused-ring (bicyclic) bond motifs is 12. The molecule has 0 bridgehead atoms. The van der Waals surface area contributed by atoms with Gasteiger partial charge in [0.25, 0.3) is 0 Å². The minimum absolute atomic E-state index is 0.779. The predicted molar refractivity (Wildman–Crippen MR) is 252 cm³/mol. The third kappa shape index (κ3) is 4.92. The van der Waals surface area contributed by atoms with Crippen LogP contribution in [-0.2, 0) is 29.0 Å². The lowest BCUT2D eigenvalue weighted by Crippen LogP contribution is -2.30. The summed E-state index contributed by atoms with van der Waals surface area (Å²) in [6, 6.07) is -54.1. The van der Waals surface area contributed by atoms with E-state index in [0.29, 0.717) is 0 Å². The largest absolute Gasteiger partial charge is 0.0826 e. The van der Waals surface area contributed by atoms with Crippen molar-refractivity contribution in [1.29, 1.82) is 0 Å². The van der Waals surface area contributed by atoms with Crippen LogP contribution in [-0.4, -0.2) is 0 Å². The van der Waals surface area contributed by atoms with Gasteiger partial charge < -0.3 is 0 Å². The van der Waals surface area contributed by atoms with Crippen LogP contribution in [0.25, 0.3) is 33.0 Å². The molecule has 11 rings (SSSR count). The quantitative estimate of drug-likeness (QED) is 0.153. The van der Waals surface area contributed by atoms with E-state index >= 15 is 0 Å². The standard InChI is InChI=1S/C53H36P2S2/c56-54(38-18-5-1-6-19-38,39-20-7-2-8-21-39)42-30-32-45-46-33-31-43(55(57,40-22-9-3-10-23-40)41-24-11-4-12-25-41)36-51(46)53(50(45)35-42)48-28-16-15-27-47(48)52-44-26-14-13-17-37(44)29-34-49(52)53/h1-36H/i1D,2D,3D,4D,5D,6D,7D,8D,9D,10D,11D,12D,13D,14D,15D,16D,17D,18D,19D,20D,21D,22D,23D,24D,25D,26D,27D,28D,29D,30D,31D,32D,33D,34D,35D,36D. The SMILES string of the molecule is [2H]c1c([2H])c([2H])c(P(=S)(c2c([2H])c([2H])c([2H])c([2H])c2[2H])c2c([2H])c([2H])c3c(c2[2H])C2(c4c([2H])c(P(=S)(c5c([2H])c([2H])c([2H])c([2H])c5[2H])c5c([2H])c([2H])c([2H])c([2H])c5[2H])c([2H])c([2H])c4-3)c3c([2H])c([2H])c([2H])c([2H])c3-c3c2c([2H])c([2H])c2c([2H])c([2H])c([2H])c([2H])c32)c([2H])c1[2H]. The van der Waals surface area contributed by atoms with Gasteiger partial charge in [-0.1, -0.05) is 229 Å². The molecule has 1 spiro atoms. The Hall–Kier alpha value is -5.46. The molecule has 2 aliphatic carbocycles. The maximum Gasteiger partial charge on any atom is 0.0726 e. The smallest absolute Gasteiger partial charge is 0.0726 e. The molecule has 0 heterocycles. The molecular formula is C53H36P2S2. The van der Waals surface area contributed by atoms with Crippen LogP contribution in [0.4, 0.5) is 0 Å². The first-order valence-electron chi connectivity index (χ1n) is 34.5. The van der Waals surface area contributed by atoms with E-state index in [2.05, 4.69) is 0 Å². The first kappa shape index (κ1) is 13.8. The topological polar surface area (TPSA) is 0 Å². The van der Waals surface area contributed by atoms with E-state index in [-0.39, 0.29) is 0 Å². The summed E-state index contributed by atoms with van der Waals surface area (Å²) in [6.45, 7) is 0. The van der Waals surface area contributed by atoms with Crippen LogP contribution in [0.3, 0.4) is 0 Å². The first-order valence-corrected chi connectivity index (χ1v) is 22.1. The summed E-state index contributed by atoms with van der Waals surface area (Å²) >= 11 is 13.0. The Morgan fingerprint density at radius 2 is 0.754 bits per heavy atom. The number of rotatable bonds is 6. The summed E-state index contributed by atoms with van der Waals surface area (Å²) < 4.78 is 338. The second-order valence-electron chi connectivity index (χ2n) is 12.3. The van der Waals surface area contributed by atoms with Gasteiger partial charge in [-0.05, 0) is 99.2 Å². The van der Waals surface area contributed by atoms with Gasteiger partial charge in [-0.2, -0.15) is 0 Å². The molecule has 2 aliphatic rings. The molecule has 9 aromatic rings. The van der Waals surface area contributed by atoms with Gasteiger partial charge in [-0.25, -0.2) is 0 Å². The van der Waals surface area contributed by atoms with E-state index in [1.54, 1.807) is 0 Å². The minimum Gasteiger partial charge on any atom is -0.0826 e. The van der Waals surface area contributed by atoms with Crippen LogP contribution in [0.15, 0.2) is 218 Å². The van der Waals surface area contributed by atoms with Crippen molar-refractivity contribution in [2.45, 2.75) is 5.41 Å². The van der Waals surface area contributed by atoms with Crippen molar-refractivity contribution >= 4 is 78.3 Å². The van der Waals surface area contributed by atoms with Crippen LogP contribution >= 0.6 is 12.1 Å². The van der Waals surface area contributed by atoms with E-state index in [1.807, 2.05) is 0 Å². The lowest BCUT2D eigenvalue weighted by molar-refractivity contribution is 0.796. The van der Waals surface area contributed by atoms with E-state index < -0.39 is 322 Å². The molecule has 0 fully saturated rings. The van der Waals surface area contributed by atoms with Crippen molar-refractivity contribution in [3.8, 4) is 22.3 Å². The van der Waals surface area contributed by atoms with Gasteiger partial charge in [-0.3, -0.25) is 0 Å². The van der Waals surface area contributed by atoms with Gasteiger partial charge >= 0.3 is 0 Å². The maximum absolute atomic E-state index is 10.9. The highest BCUT2D eigenvalue weighted by Crippen LogP contribution is 2.64. The van der Waals surface area contributed by atoms with Gasteiger partial charge in [0.15, 0.2) is 0 Å². The summed E-state index contributed by atoms with van der Waals surface area (Å²) in [6.07, 6.45) is 0. The maximum atomic E-state index is 10.9. The summed E-state index contributed by atoms with van der Waals surface area (Å²) in [5.41, 5.74) is -11.2. The van der Waals surface area contributed by atoms with Crippen molar-refractivity contribution in [1.82, 2.24) is 0 Å². The second kappa shape index (κ2) is 13.3. The third-order valence-corrected chi connectivity index (χ3v) is 18.0. The monoisotopic (exact) mass is 834 g/mol. The summed E-state index contributed by atoms with van der Waals surface area (Å²) in [5.74, 6) is 0. The van der Waals surface area contributed by atoms with Crippen LogP contribution in [0.2, 0.25) is 0 Å². The molecule has 0 amide bonds. The lowest BCUT2D eigenvalue weighted by Gasteiger charge is -2.33. The second-order valence-corrected chi connectivity index (χ2v) is 20.7. The van der Waals surface area contributed by atoms with E-state index in [4.69, 9.17) is 45.5 Å². The molecule has 0 radical (unpaired) electrons. The Balaban J connectivity index is 1.54. The fourth-order valence-corrected chi connectivity index (χ4v) is 12.9. The molecular weight excluding hydrogens is 763 g/mol. The molecule has 0 unspecified atom stereocenters. The summed E-state index contributed by atoms with van der Waals surface area (Å²) in [4.78, 5) is 0. The molecule has 9 aromatic carbocycles. The van der Waals surface area contributed by atoms with Gasteiger partial charge in [0, 0.05) is 12.1 Å². The number of benzene rings is 9. The highest BCUT2D eigenvalue weighted by Gasteiger charge is 2.53. The lowest BCUT2D eigenvalue weighted by atomic mass is 9.70. The molecule has 0 aromatic heterocycles. The summed E-state index contributed by atoms with van der Waals surface area (Å²) in [7, 11) is 0. The minimum atomic E-state index is -5.58. The Morgan fingerprint density at radius 1 is 0.333 bits per heavy atom. The Morgan fingerprint density at radius 3 is 1.25 bits per heavy atom. The molecule has 0 saturated heterocycles. The van der Waals surface area contributed by atoms with Crippen LogP contribution < -0.4 is 31.8 Å². The van der Waals surface area contributed by atoms with Crippen molar-refractivity contribution in [2.24, 2.45) is 0 Å². The first-order chi connectivity index (χ1) is 43.0. The fourth-order valence-electron chi connectivity index (χ4n) is 7.29. The van der Waals surface area contributed by atoms with Gasteiger partial charge in [0.05, 0.1) is 54.8 Å². The molecule has 0 aliphatic heterocycles. The molecule has 0 atom stereocenters. The van der Waals surface area contributed by atoms with Gasteiger partial charge in [0.2, 0.25) is 0 Å². The van der Waals surface area contributed by atoms with Crippen molar-refractivity contribution in [3.05, 3.63) is 240 Å². The zero-order valence-corrected chi connectivity index (χ0v) is 31.6. The highest BCUT2D eigenvalue weighted by molar-refractivity contribution is 8.26. The van der Waals surface area contributed by atoms with Crippen molar-refractivity contribution in [3.63, 3.8) is 0 Å². The Bertz CT molecular complexity index is 4770. The Labute approximate surface area is 395 Å². The zero-order chi connectivity index (χ0) is 69.5. The highest BCUT2D eigenvalue weighted by atomic mass is 32.4. The molecule has 270 valence electrons. The normalized spacial score (nSPS) is 22.4. The van der Waals surface area contributed by atoms with Crippen LogP contribution in [0.5, 0.6) is 0 Å². The van der Waals surface area contributed by atoms with Crippen LogP contribution in [0, 0.1) is 0 Å². The van der Waals surface area contributed by atoms with Gasteiger partial charge in [-0.15, -0.1) is 0 Å². The van der Waals surface area contributed by atoms with E-state index in [1.165, 1.54) is 0 Å². The predicted octanol–water partition coefficient (Wildman–Crippen LogP) is 10.7. The molecule has 0 N–H and O–H groups in total. The third-order valence-electron chi connectivity index (χ3n) is 9.62. The number of hydrogen-bond donors (Lipinski definition) is 0. The van der Waals surface area contributed by atoms with Crippen molar-refractivity contribution in [2.75, 3.05) is 0 Å². The molecule has 0 nitrogen and oxygen atoms in total. The Kier molecular flexibility index (Phi) is 3.23. The van der Waals surface area contributed by atoms with E-state index in [0.717, 1.165) is 0 Å². The van der Waals surface area contributed by atoms with Crippen molar-refractivity contribution < 1.29 is 49.3 Å².